The lowest BCUT2D eigenvalue weighted by Crippen LogP contribution is -3.07. The molecule has 0 fully saturated rings. The van der Waals surface area contributed by atoms with Crippen molar-refractivity contribution in [2.24, 2.45) is 7.05 Å². The van der Waals surface area contributed by atoms with Crippen molar-refractivity contribution < 1.29 is 9.69 Å². The number of hydrogen-bond donors (Lipinski definition) is 2. The lowest BCUT2D eigenvalue weighted by atomic mass is 10.1. The smallest absolute Gasteiger partial charge is 0.230 e. The third kappa shape index (κ3) is 4.99. The highest BCUT2D eigenvalue weighted by molar-refractivity contribution is 7.99. The topological polar surface area (TPSA) is 64.2 Å². The molecular weight excluding hydrogens is 370 g/mol. The first kappa shape index (κ1) is 20.1. The molecule has 0 bridgehead atoms. The maximum absolute atomic E-state index is 12.4. The quantitative estimate of drug-likeness (QED) is 0.568. The molecule has 0 radical (unpaired) electrons. The summed E-state index contributed by atoms with van der Waals surface area (Å²) < 4.78 is 1.92. The number of carbonyl (C=O) groups excluding carboxylic acids is 1. The number of carbonyl (C=O) groups is 1. The zero-order valence-corrected chi connectivity index (χ0v) is 17.2. The average Bonchev–Trinajstić information content (AvgIpc) is 3.08. The Balaban J connectivity index is 1.55. The molecule has 1 heterocycles. The van der Waals surface area contributed by atoms with Gasteiger partial charge in [-0.2, -0.15) is 0 Å². The molecule has 2 N–H and O–H groups in total. The van der Waals surface area contributed by atoms with E-state index in [1.54, 1.807) is 0 Å². The van der Waals surface area contributed by atoms with Crippen molar-refractivity contribution >= 4 is 17.7 Å². The minimum absolute atomic E-state index is 0.00329. The summed E-state index contributed by atoms with van der Waals surface area (Å²) in [6, 6.07) is 20.4. The van der Waals surface area contributed by atoms with E-state index in [2.05, 4.69) is 41.7 Å². The predicted octanol–water partition coefficient (Wildman–Crippen LogP) is 1.58. The van der Waals surface area contributed by atoms with Crippen LogP contribution in [0.25, 0.3) is 11.4 Å². The Hall–Kier alpha value is -2.64. The van der Waals surface area contributed by atoms with E-state index in [4.69, 9.17) is 0 Å². The van der Waals surface area contributed by atoms with E-state index in [1.165, 1.54) is 22.2 Å². The number of thioether (sulfide) groups is 1. The first-order chi connectivity index (χ1) is 13.6. The van der Waals surface area contributed by atoms with Crippen molar-refractivity contribution in [3.8, 4) is 11.4 Å². The van der Waals surface area contributed by atoms with E-state index >= 15 is 0 Å². The fourth-order valence-electron chi connectivity index (χ4n) is 3.02. The molecule has 0 saturated carbocycles. The second kappa shape index (κ2) is 9.52. The van der Waals surface area contributed by atoms with Crippen LogP contribution in [0.3, 0.4) is 0 Å². The first-order valence-corrected chi connectivity index (χ1v) is 10.2. The SMILES string of the molecule is Cn1c(SCC(=O)NC[C@H](c2ccccc2)[NH+](C)C)nnc1-c1ccccc1. The normalized spacial score (nSPS) is 12.1. The number of rotatable bonds is 8. The Morgan fingerprint density at radius 1 is 1.07 bits per heavy atom. The number of nitrogens with one attached hydrogen (secondary N) is 2. The number of quaternary nitrogens is 1. The maximum atomic E-state index is 12.4. The van der Waals surface area contributed by atoms with Gasteiger partial charge in [0, 0.05) is 18.2 Å². The molecular formula is C21H26N5OS+. The van der Waals surface area contributed by atoms with E-state index in [-0.39, 0.29) is 11.9 Å². The van der Waals surface area contributed by atoms with Gasteiger partial charge in [-0.1, -0.05) is 72.4 Å². The molecule has 0 unspecified atom stereocenters. The third-order valence-electron chi connectivity index (χ3n) is 4.60. The molecule has 3 rings (SSSR count). The Bertz CT molecular complexity index is 896. The molecule has 28 heavy (non-hydrogen) atoms. The molecule has 0 saturated heterocycles. The van der Waals surface area contributed by atoms with E-state index in [9.17, 15) is 4.79 Å². The van der Waals surface area contributed by atoms with Crippen molar-refractivity contribution in [2.75, 3.05) is 26.4 Å². The second-order valence-corrected chi connectivity index (χ2v) is 7.81. The molecule has 0 aliphatic carbocycles. The highest BCUT2D eigenvalue weighted by Gasteiger charge is 2.19. The molecule has 2 aromatic carbocycles. The van der Waals surface area contributed by atoms with Gasteiger partial charge in [-0.25, -0.2) is 0 Å². The summed E-state index contributed by atoms with van der Waals surface area (Å²) in [5.74, 6) is 1.10. The van der Waals surface area contributed by atoms with Crippen LogP contribution >= 0.6 is 11.8 Å². The molecule has 1 atom stereocenters. The summed E-state index contributed by atoms with van der Waals surface area (Å²) in [6.07, 6.45) is 0. The number of benzene rings is 2. The van der Waals surface area contributed by atoms with Crippen molar-refractivity contribution in [1.82, 2.24) is 20.1 Å². The summed E-state index contributed by atoms with van der Waals surface area (Å²) in [5.41, 5.74) is 2.23. The Morgan fingerprint density at radius 3 is 2.36 bits per heavy atom. The van der Waals surface area contributed by atoms with Gasteiger partial charge in [0.05, 0.1) is 26.4 Å². The van der Waals surface area contributed by atoms with Crippen LogP contribution in [0.1, 0.15) is 11.6 Å². The van der Waals surface area contributed by atoms with E-state index in [0.717, 1.165) is 16.5 Å². The van der Waals surface area contributed by atoms with Gasteiger partial charge >= 0.3 is 0 Å². The van der Waals surface area contributed by atoms with Gasteiger partial charge in [-0.15, -0.1) is 10.2 Å². The largest absolute Gasteiger partial charge is 0.349 e. The summed E-state index contributed by atoms with van der Waals surface area (Å²) in [5, 5.41) is 12.3. The van der Waals surface area contributed by atoms with Gasteiger partial charge in [-0.05, 0) is 0 Å². The zero-order chi connectivity index (χ0) is 19.9. The van der Waals surface area contributed by atoms with Crippen molar-refractivity contribution in [1.29, 1.82) is 0 Å². The average molecular weight is 397 g/mol. The molecule has 146 valence electrons. The van der Waals surface area contributed by atoms with Gasteiger partial charge < -0.3 is 14.8 Å². The van der Waals surface area contributed by atoms with Crippen LogP contribution in [0.2, 0.25) is 0 Å². The van der Waals surface area contributed by atoms with Crippen molar-refractivity contribution in [2.45, 2.75) is 11.2 Å². The third-order valence-corrected chi connectivity index (χ3v) is 5.62. The molecule has 1 amide bonds. The lowest BCUT2D eigenvalue weighted by molar-refractivity contribution is -0.890. The number of hydrogen-bond acceptors (Lipinski definition) is 4. The van der Waals surface area contributed by atoms with E-state index in [1.807, 2.05) is 60.1 Å². The fraction of sp³-hybridized carbons (Fsp3) is 0.286. The highest BCUT2D eigenvalue weighted by Crippen LogP contribution is 2.22. The number of likely N-dealkylation sites (N-methyl/N-ethyl adjacent to an activating group) is 1. The predicted molar refractivity (Wildman–Crippen MR) is 112 cm³/mol. The number of nitrogens with zero attached hydrogens (tertiary/aromatic N) is 3. The van der Waals surface area contributed by atoms with Crippen LogP contribution in [0.4, 0.5) is 0 Å². The summed E-state index contributed by atoms with van der Waals surface area (Å²) in [4.78, 5) is 13.6. The minimum Gasteiger partial charge on any atom is -0.349 e. The number of amides is 1. The molecule has 7 heteroatoms. The van der Waals surface area contributed by atoms with Gasteiger partial charge in [0.2, 0.25) is 5.91 Å². The van der Waals surface area contributed by atoms with Crippen LogP contribution in [0, 0.1) is 0 Å². The van der Waals surface area contributed by atoms with Gasteiger partial charge in [0.15, 0.2) is 11.0 Å². The maximum Gasteiger partial charge on any atom is 0.230 e. The second-order valence-electron chi connectivity index (χ2n) is 6.86. The first-order valence-electron chi connectivity index (χ1n) is 9.25. The molecule has 1 aromatic heterocycles. The van der Waals surface area contributed by atoms with Gasteiger partial charge in [0.1, 0.15) is 6.04 Å². The van der Waals surface area contributed by atoms with E-state index < -0.39 is 0 Å². The summed E-state index contributed by atoms with van der Waals surface area (Å²) >= 11 is 1.40. The van der Waals surface area contributed by atoms with Crippen LogP contribution in [0.15, 0.2) is 65.8 Å². The number of aromatic nitrogens is 3. The van der Waals surface area contributed by atoms with Crippen LogP contribution in [-0.4, -0.2) is 47.1 Å². The molecule has 0 aliphatic heterocycles. The molecule has 6 nitrogen and oxygen atoms in total. The Labute approximate surface area is 170 Å². The Kier molecular flexibility index (Phi) is 6.84. The zero-order valence-electron chi connectivity index (χ0n) is 16.4. The summed E-state index contributed by atoms with van der Waals surface area (Å²) in [7, 11) is 6.12. The Morgan fingerprint density at radius 2 is 1.71 bits per heavy atom. The fourth-order valence-corrected chi connectivity index (χ4v) is 3.76. The van der Waals surface area contributed by atoms with Crippen LogP contribution in [0.5, 0.6) is 0 Å². The molecule has 3 aromatic rings. The van der Waals surface area contributed by atoms with Gasteiger partial charge in [0.25, 0.3) is 0 Å². The van der Waals surface area contributed by atoms with Crippen LogP contribution < -0.4 is 10.2 Å². The van der Waals surface area contributed by atoms with E-state index in [0.29, 0.717) is 12.3 Å². The van der Waals surface area contributed by atoms with Gasteiger partial charge in [-0.3, -0.25) is 4.79 Å². The molecule has 0 spiro atoms. The van der Waals surface area contributed by atoms with Crippen molar-refractivity contribution in [3.05, 3.63) is 66.2 Å². The molecule has 0 aliphatic rings. The monoisotopic (exact) mass is 396 g/mol. The standard InChI is InChI=1S/C21H25N5OS/c1-25(2)18(16-10-6-4-7-11-16)14-22-19(27)15-28-21-24-23-20(26(21)3)17-12-8-5-9-13-17/h4-13,18H,14-15H2,1-3H3,(H,22,27)/p+1/t18-/m1/s1. The van der Waals surface area contributed by atoms with Crippen LogP contribution in [-0.2, 0) is 11.8 Å². The lowest BCUT2D eigenvalue weighted by Gasteiger charge is -2.22. The minimum atomic E-state index is -0.00329. The summed E-state index contributed by atoms with van der Waals surface area (Å²) in [6.45, 7) is 0.597. The van der Waals surface area contributed by atoms with Crippen molar-refractivity contribution in [3.63, 3.8) is 0 Å². The highest BCUT2D eigenvalue weighted by atomic mass is 32.2.